The summed E-state index contributed by atoms with van der Waals surface area (Å²) in [7, 11) is 0. The third kappa shape index (κ3) is 4.42. The van der Waals surface area contributed by atoms with Crippen LogP contribution in [0.2, 0.25) is 5.02 Å². The van der Waals surface area contributed by atoms with Crippen molar-refractivity contribution in [2.24, 2.45) is 10.2 Å². The van der Waals surface area contributed by atoms with Crippen molar-refractivity contribution in [3.8, 4) is 0 Å². The van der Waals surface area contributed by atoms with E-state index in [4.69, 9.17) is 11.6 Å². The predicted octanol–water partition coefficient (Wildman–Crippen LogP) is 4.40. The quantitative estimate of drug-likeness (QED) is 0.421. The number of rotatable bonds is 6. The fraction of sp³-hybridized carbons (Fsp3) is 0.150. The van der Waals surface area contributed by atoms with E-state index in [0.29, 0.717) is 23.2 Å². The lowest BCUT2D eigenvalue weighted by atomic mass is 10.1. The highest BCUT2D eigenvalue weighted by Gasteiger charge is 2.37. The summed E-state index contributed by atoms with van der Waals surface area (Å²) in [6.07, 6.45) is 3.91. The first kappa shape index (κ1) is 18.4. The molecule has 1 saturated heterocycles. The third-order valence-electron chi connectivity index (χ3n) is 3.84. The van der Waals surface area contributed by atoms with Crippen molar-refractivity contribution in [1.82, 2.24) is 4.90 Å². The Labute approximate surface area is 162 Å². The molecule has 2 aromatic rings. The SMILES string of the molecule is C=CCN1C(=O)C(Cc2ccccc2Cl)S/C1=N\N=C\c1ccccc1. The molecule has 1 aliphatic heterocycles. The van der Waals surface area contributed by atoms with Gasteiger partial charge in [-0.25, -0.2) is 0 Å². The van der Waals surface area contributed by atoms with Crippen molar-refractivity contribution in [2.75, 3.05) is 6.54 Å². The number of carbonyl (C=O) groups is 1. The number of thioether (sulfide) groups is 1. The zero-order valence-corrected chi connectivity index (χ0v) is 15.7. The Hall–Kier alpha value is -2.37. The molecule has 1 heterocycles. The fourth-order valence-corrected chi connectivity index (χ4v) is 3.91. The van der Waals surface area contributed by atoms with Crippen molar-refractivity contribution in [2.45, 2.75) is 11.7 Å². The van der Waals surface area contributed by atoms with Crippen LogP contribution in [-0.4, -0.2) is 34.0 Å². The van der Waals surface area contributed by atoms with Crippen LogP contribution in [0.1, 0.15) is 11.1 Å². The van der Waals surface area contributed by atoms with Crippen molar-refractivity contribution in [3.63, 3.8) is 0 Å². The average molecular weight is 384 g/mol. The highest BCUT2D eigenvalue weighted by molar-refractivity contribution is 8.15. The molecule has 132 valence electrons. The maximum atomic E-state index is 12.7. The third-order valence-corrected chi connectivity index (χ3v) is 5.38. The molecule has 0 saturated carbocycles. The molecule has 1 atom stereocenters. The van der Waals surface area contributed by atoms with Gasteiger partial charge in [-0.2, -0.15) is 5.10 Å². The number of benzene rings is 2. The van der Waals surface area contributed by atoms with E-state index in [0.717, 1.165) is 11.1 Å². The van der Waals surface area contributed by atoms with Gasteiger partial charge in [0.1, 0.15) is 0 Å². The standard InChI is InChI=1S/C20H18ClN3OS/c1-2-12-24-19(25)18(13-16-10-6-7-11-17(16)21)26-20(24)23-22-14-15-8-4-3-5-9-15/h2-11,14,18H,1,12-13H2/b22-14+,23-20-. The number of hydrogen-bond acceptors (Lipinski definition) is 4. The van der Waals surface area contributed by atoms with Crippen molar-refractivity contribution >= 4 is 40.7 Å². The van der Waals surface area contributed by atoms with Crippen LogP contribution in [0, 0.1) is 0 Å². The smallest absolute Gasteiger partial charge is 0.242 e. The van der Waals surface area contributed by atoms with Crippen LogP contribution in [0.3, 0.4) is 0 Å². The highest BCUT2D eigenvalue weighted by Crippen LogP contribution is 2.31. The molecular formula is C20H18ClN3OS. The topological polar surface area (TPSA) is 45.0 Å². The Morgan fingerprint density at radius 2 is 1.88 bits per heavy atom. The fourth-order valence-electron chi connectivity index (χ4n) is 2.56. The zero-order valence-electron chi connectivity index (χ0n) is 14.1. The van der Waals surface area contributed by atoms with Gasteiger partial charge in [0, 0.05) is 11.6 Å². The van der Waals surface area contributed by atoms with Gasteiger partial charge >= 0.3 is 0 Å². The van der Waals surface area contributed by atoms with Crippen molar-refractivity contribution in [3.05, 3.63) is 83.4 Å². The minimum atomic E-state index is -0.263. The number of amides is 1. The number of carbonyl (C=O) groups excluding carboxylic acids is 1. The van der Waals surface area contributed by atoms with Gasteiger partial charge in [-0.15, -0.1) is 11.7 Å². The summed E-state index contributed by atoms with van der Waals surface area (Å²) >= 11 is 7.64. The number of nitrogens with zero attached hydrogens (tertiary/aromatic N) is 3. The van der Waals surface area contributed by atoms with Gasteiger partial charge < -0.3 is 0 Å². The van der Waals surface area contributed by atoms with Crippen LogP contribution in [0.4, 0.5) is 0 Å². The second kappa shape index (κ2) is 8.83. The van der Waals surface area contributed by atoms with Gasteiger partial charge in [-0.05, 0) is 23.6 Å². The lowest BCUT2D eigenvalue weighted by molar-refractivity contribution is -0.125. The van der Waals surface area contributed by atoms with E-state index in [2.05, 4.69) is 16.8 Å². The molecule has 0 aliphatic carbocycles. The molecule has 0 N–H and O–H groups in total. The maximum absolute atomic E-state index is 12.7. The summed E-state index contributed by atoms with van der Waals surface area (Å²) < 4.78 is 0. The summed E-state index contributed by atoms with van der Waals surface area (Å²) in [6, 6.07) is 17.3. The molecule has 26 heavy (non-hydrogen) atoms. The van der Waals surface area contributed by atoms with Gasteiger partial charge in [0.25, 0.3) is 0 Å². The Balaban J connectivity index is 1.77. The van der Waals surface area contributed by atoms with E-state index in [1.807, 2.05) is 54.6 Å². The van der Waals surface area contributed by atoms with E-state index in [1.54, 1.807) is 17.2 Å². The van der Waals surface area contributed by atoms with Crippen LogP contribution < -0.4 is 0 Å². The second-order valence-corrected chi connectivity index (χ2v) is 7.25. The largest absolute Gasteiger partial charge is 0.285 e. The Morgan fingerprint density at radius 3 is 2.62 bits per heavy atom. The van der Waals surface area contributed by atoms with Crippen molar-refractivity contribution in [1.29, 1.82) is 0 Å². The minimum absolute atomic E-state index is 0.00322. The first-order valence-electron chi connectivity index (χ1n) is 8.17. The summed E-state index contributed by atoms with van der Waals surface area (Å²) in [5.41, 5.74) is 1.90. The van der Waals surface area contributed by atoms with Gasteiger partial charge in [0.15, 0.2) is 5.17 Å². The van der Waals surface area contributed by atoms with Crippen LogP contribution in [-0.2, 0) is 11.2 Å². The normalized spacial score (nSPS) is 18.8. The zero-order chi connectivity index (χ0) is 18.4. The molecule has 1 aliphatic rings. The van der Waals surface area contributed by atoms with E-state index in [9.17, 15) is 4.79 Å². The van der Waals surface area contributed by atoms with Crippen molar-refractivity contribution < 1.29 is 4.79 Å². The van der Waals surface area contributed by atoms with Crippen LogP contribution in [0.15, 0.2) is 77.5 Å². The molecule has 6 heteroatoms. The second-order valence-electron chi connectivity index (χ2n) is 5.68. The molecule has 0 bridgehead atoms. The molecule has 2 aromatic carbocycles. The molecule has 0 spiro atoms. The molecule has 1 fully saturated rings. The lowest BCUT2D eigenvalue weighted by Gasteiger charge is -2.13. The Morgan fingerprint density at radius 1 is 1.15 bits per heavy atom. The molecule has 1 amide bonds. The lowest BCUT2D eigenvalue weighted by Crippen LogP contribution is -2.32. The molecule has 0 aromatic heterocycles. The van der Waals surface area contributed by atoms with E-state index >= 15 is 0 Å². The van der Waals surface area contributed by atoms with Gasteiger partial charge in [-0.1, -0.05) is 78.0 Å². The number of hydrogen-bond donors (Lipinski definition) is 0. The number of amidine groups is 1. The van der Waals surface area contributed by atoms with Gasteiger partial charge in [0.2, 0.25) is 5.91 Å². The maximum Gasteiger partial charge on any atom is 0.242 e. The van der Waals surface area contributed by atoms with Crippen LogP contribution in [0.25, 0.3) is 0 Å². The highest BCUT2D eigenvalue weighted by atomic mass is 35.5. The summed E-state index contributed by atoms with van der Waals surface area (Å²) in [4.78, 5) is 14.3. The average Bonchev–Trinajstić information content (AvgIpc) is 2.94. The molecule has 0 radical (unpaired) electrons. The van der Waals surface area contributed by atoms with Crippen LogP contribution in [0.5, 0.6) is 0 Å². The first-order valence-corrected chi connectivity index (χ1v) is 9.43. The van der Waals surface area contributed by atoms with Crippen LogP contribution >= 0.6 is 23.4 Å². The van der Waals surface area contributed by atoms with Gasteiger partial charge in [-0.3, -0.25) is 9.69 Å². The van der Waals surface area contributed by atoms with E-state index in [1.165, 1.54) is 11.8 Å². The Kier molecular flexibility index (Phi) is 6.26. The summed E-state index contributed by atoms with van der Waals surface area (Å²) in [5.74, 6) is 0.00322. The first-order chi connectivity index (χ1) is 12.7. The summed E-state index contributed by atoms with van der Waals surface area (Å²) in [5, 5.41) is 9.38. The molecule has 1 unspecified atom stereocenters. The molecule has 4 nitrogen and oxygen atoms in total. The predicted molar refractivity (Wildman–Crippen MR) is 110 cm³/mol. The number of halogens is 1. The monoisotopic (exact) mass is 383 g/mol. The Bertz CT molecular complexity index is 851. The summed E-state index contributed by atoms with van der Waals surface area (Å²) in [6.45, 7) is 4.13. The van der Waals surface area contributed by atoms with Gasteiger partial charge in [0.05, 0.1) is 11.5 Å². The molecule has 3 rings (SSSR count). The van der Waals surface area contributed by atoms with E-state index < -0.39 is 0 Å². The molecular weight excluding hydrogens is 366 g/mol. The minimum Gasteiger partial charge on any atom is -0.285 e. The van der Waals surface area contributed by atoms with E-state index in [-0.39, 0.29) is 11.2 Å².